The highest BCUT2D eigenvalue weighted by atomic mass is 32.1. The summed E-state index contributed by atoms with van der Waals surface area (Å²) in [7, 11) is 0. The molecule has 0 aliphatic carbocycles. The lowest BCUT2D eigenvalue weighted by molar-refractivity contribution is -0.0164. The van der Waals surface area contributed by atoms with Gasteiger partial charge < -0.3 is 15.4 Å². The van der Waals surface area contributed by atoms with Crippen LogP contribution in [0.25, 0.3) is 0 Å². The molecule has 25 heavy (non-hydrogen) atoms. The largest absolute Gasteiger partial charge is 0.381 e. The summed E-state index contributed by atoms with van der Waals surface area (Å²) < 4.78 is 5.64. The van der Waals surface area contributed by atoms with E-state index in [1.165, 1.54) is 30.8 Å². The number of nitrogens with one attached hydrogen (secondary N) is 2. The van der Waals surface area contributed by atoms with Crippen molar-refractivity contribution in [1.82, 2.24) is 20.5 Å². The van der Waals surface area contributed by atoms with Crippen molar-refractivity contribution in [2.75, 3.05) is 39.4 Å². The molecule has 0 saturated carbocycles. The number of hydrogen-bond acceptors (Lipinski definition) is 5. The minimum atomic E-state index is 0.211. The Balaban J connectivity index is 1.63. The number of guanidine groups is 1. The Kier molecular flexibility index (Phi) is 6.67. The minimum Gasteiger partial charge on any atom is -0.381 e. The summed E-state index contributed by atoms with van der Waals surface area (Å²) in [5.74, 6) is 0.889. The molecule has 3 heterocycles. The van der Waals surface area contributed by atoms with E-state index in [4.69, 9.17) is 9.73 Å². The molecule has 7 heteroatoms. The van der Waals surface area contributed by atoms with Crippen molar-refractivity contribution in [2.24, 2.45) is 4.99 Å². The lowest BCUT2D eigenvalue weighted by Crippen LogP contribution is -2.58. The van der Waals surface area contributed by atoms with Gasteiger partial charge in [0.1, 0.15) is 5.01 Å². The van der Waals surface area contributed by atoms with Crippen LogP contribution in [0.1, 0.15) is 42.5 Å². The molecule has 2 saturated heterocycles. The van der Waals surface area contributed by atoms with Gasteiger partial charge in [0.25, 0.3) is 0 Å². The molecule has 1 aromatic heterocycles. The van der Waals surface area contributed by atoms with E-state index in [9.17, 15) is 0 Å². The van der Waals surface area contributed by atoms with Crippen molar-refractivity contribution >= 4 is 17.3 Å². The molecule has 140 valence electrons. The molecular formula is C18H31N5OS. The van der Waals surface area contributed by atoms with Gasteiger partial charge in [-0.3, -0.25) is 4.90 Å². The molecule has 6 nitrogen and oxygen atoms in total. The quantitative estimate of drug-likeness (QED) is 0.597. The molecule has 2 aliphatic heterocycles. The maximum absolute atomic E-state index is 5.64. The zero-order chi connectivity index (χ0) is 17.5. The Hall–Kier alpha value is -1.18. The topological polar surface area (TPSA) is 61.8 Å². The molecule has 0 amide bonds. The van der Waals surface area contributed by atoms with Crippen LogP contribution in [0.3, 0.4) is 0 Å². The Labute approximate surface area is 155 Å². The summed E-state index contributed by atoms with van der Waals surface area (Å²) in [4.78, 5) is 13.0. The Morgan fingerprint density at radius 1 is 1.32 bits per heavy atom. The zero-order valence-corrected chi connectivity index (χ0v) is 16.3. The second kappa shape index (κ2) is 8.96. The normalized spacial score (nSPS) is 21.4. The molecule has 3 rings (SSSR count). The smallest absolute Gasteiger partial charge is 0.191 e. The van der Waals surface area contributed by atoms with Gasteiger partial charge in [-0.15, -0.1) is 11.3 Å². The SMILES string of the molecule is CCNC(=NCc1ncc(C)s1)NCC1(N2CCCC2)CCOCC1. The fourth-order valence-electron chi connectivity index (χ4n) is 3.76. The van der Waals surface area contributed by atoms with Gasteiger partial charge >= 0.3 is 0 Å². The Morgan fingerprint density at radius 2 is 2.08 bits per heavy atom. The number of aliphatic imine (C=N–C) groups is 1. The number of thiazole rings is 1. The van der Waals surface area contributed by atoms with E-state index in [0.717, 1.165) is 50.1 Å². The van der Waals surface area contributed by atoms with E-state index in [0.29, 0.717) is 6.54 Å². The number of aryl methyl sites for hydroxylation is 1. The molecule has 2 N–H and O–H groups in total. The molecular weight excluding hydrogens is 334 g/mol. The number of likely N-dealkylation sites (tertiary alicyclic amines) is 1. The third-order valence-electron chi connectivity index (χ3n) is 5.17. The van der Waals surface area contributed by atoms with Crippen LogP contribution in [-0.2, 0) is 11.3 Å². The monoisotopic (exact) mass is 365 g/mol. The first-order valence-electron chi connectivity index (χ1n) is 9.48. The van der Waals surface area contributed by atoms with E-state index < -0.39 is 0 Å². The lowest BCUT2D eigenvalue weighted by Gasteiger charge is -2.45. The van der Waals surface area contributed by atoms with Crippen molar-refractivity contribution in [2.45, 2.75) is 51.6 Å². The van der Waals surface area contributed by atoms with Crippen LogP contribution in [0.4, 0.5) is 0 Å². The summed E-state index contributed by atoms with van der Waals surface area (Å²) in [5, 5.41) is 8.04. The molecule has 0 aromatic carbocycles. The van der Waals surface area contributed by atoms with Gasteiger partial charge in [0.2, 0.25) is 0 Å². The summed E-state index contributed by atoms with van der Waals surface area (Å²) in [5.41, 5.74) is 0.211. The summed E-state index contributed by atoms with van der Waals surface area (Å²) in [6.07, 6.45) is 6.76. The van der Waals surface area contributed by atoms with Crippen LogP contribution >= 0.6 is 11.3 Å². The van der Waals surface area contributed by atoms with E-state index in [2.05, 4.69) is 34.4 Å². The first kappa shape index (κ1) is 18.6. The first-order valence-corrected chi connectivity index (χ1v) is 10.3. The second-order valence-electron chi connectivity index (χ2n) is 6.94. The van der Waals surface area contributed by atoms with E-state index in [1.807, 2.05) is 6.20 Å². The first-order chi connectivity index (χ1) is 12.2. The van der Waals surface area contributed by atoms with Gasteiger partial charge in [0.15, 0.2) is 5.96 Å². The van der Waals surface area contributed by atoms with Crippen LogP contribution < -0.4 is 10.6 Å². The lowest BCUT2D eigenvalue weighted by atomic mass is 9.88. The molecule has 2 fully saturated rings. The fraction of sp³-hybridized carbons (Fsp3) is 0.778. The standard InChI is InChI=1S/C18H31N5OS/c1-3-19-17(21-13-16-20-12-15(2)25-16)22-14-18(6-10-24-11-7-18)23-8-4-5-9-23/h12H,3-11,13-14H2,1-2H3,(H2,19,21,22). The second-order valence-corrected chi connectivity index (χ2v) is 8.26. The zero-order valence-electron chi connectivity index (χ0n) is 15.5. The highest BCUT2D eigenvalue weighted by molar-refractivity contribution is 7.11. The molecule has 0 unspecified atom stereocenters. The average molecular weight is 366 g/mol. The third-order valence-corrected chi connectivity index (χ3v) is 6.07. The number of rotatable bonds is 6. The van der Waals surface area contributed by atoms with Crippen molar-refractivity contribution in [3.05, 3.63) is 16.1 Å². The van der Waals surface area contributed by atoms with E-state index >= 15 is 0 Å². The van der Waals surface area contributed by atoms with Crippen molar-refractivity contribution in [1.29, 1.82) is 0 Å². The highest BCUT2D eigenvalue weighted by Gasteiger charge is 2.39. The predicted molar refractivity (Wildman–Crippen MR) is 103 cm³/mol. The number of aromatic nitrogens is 1. The van der Waals surface area contributed by atoms with Crippen LogP contribution in [0.15, 0.2) is 11.2 Å². The maximum atomic E-state index is 5.64. The van der Waals surface area contributed by atoms with Crippen molar-refractivity contribution in [3.63, 3.8) is 0 Å². The molecule has 1 aromatic rings. The van der Waals surface area contributed by atoms with Crippen LogP contribution in [-0.4, -0.2) is 60.8 Å². The predicted octanol–water partition coefficient (Wildman–Crippen LogP) is 2.15. The summed E-state index contributed by atoms with van der Waals surface area (Å²) >= 11 is 1.72. The van der Waals surface area contributed by atoms with Crippen LogP contribution in [0, 0.1) is 6.92 Å². The van der Waals surface area contributed by atoms with Gasteiger partial charge in [-0.2, -0.15) is 0 Å². The summed E-state index contributed by atoms with van der Waals surface area (Å²) in [6.45, 7) is 10.8. The van der Waals surface area contributed by atoms with Crippen molar-refractivity contribution in [3.8, 4) is 0 Å². The minimum absolute atomic E-state index is 0.211. The number of nitrogens with zero attached hydrogens (tertiary/aromatic N) is 3. The van der Waals surface area contributed by atoms with E-state index in [-0.39, 0.29) is 5.54 Å². The molecule has 0 atom stereocenters. The Bertz CT molecular complexity index is 562. The van der Waals surface area contributed by atoms with Gasteiger partial charge in [0.05, 0.1) is 6.54 Å². The fourth-order valence-corrected chi connectivity index (χ4v) is 4.47. The third kappa shape index (κ3) is 4.92. The van der Waals surface area contributed by atoms with Crippen molar-refractivity contribution < 1.29 is 4.74 Å². The maximum Gasteiger partial charge on any atom is 0.191 e. The van der Waals surface area contributed by atoms with E-state index in [1.54, 1.807) is 11.3 Å². The van der Waals surface area contributed by atoms with Gasteiger partial charge in [0, 0.05) is 42.9 Å². The Morgan fingerprint density at radius 3 is 2.72 bits per heavy atom. The van der Waals surface area contributed by atoms with Gasteiger partial charge in [-0.1, -0.05) is 0 Å². The number of hydrogen-bond donors (Lipinski definition) is 2. The van der Waals surface area contributed by atoms with Gasteiger partial charge in [-0.05, 0) is 52.6 Å². The van der Waals surface area contributed by atoms with Crippen LogP contribution in [0.5, 0.6) is 0 Å². The molecule has 2 aliphatic rings. The number of ether oxygens (including phenoxy) is 1. The molecule has 0 bridgehead atoms. The molecule has 0 spiro atoms. The highest BCUT2D eigenvalue weighted by Crippen LogP contribution is 2.30. The average Bonchev–Trinajstić information content (AvgIpc) is 3.30. The summed E-state index contributed by atoms with van der Waals surface area (Å²) in [6, 6.07) is 0. The van der Waals surface area contributed by atoms with Crippen LogP contribution in [0.2, 0.25) is 0 Å². The molecule has 0 radical (unpaired) electrons. The van der Waals surface area contributed by atoms with Gasteiger partial charge in [-0.25, -0.2) is 9.98 Å².